The maximum absolute atomic E-state index is 11.8. The van der Waals surface area contributed by atoms with Crippen molar-refractivity contribution >= 4 is 33.3 Å². The first-order valence-electron chi connectivity index (χ1n) is 8.61. The predicted molar refractivity (Wildman–Crippen MR) is 99.3 cm³/mol. The van der Waals surface area contributed by atoms with Gasteiger partial charge in [-0.3, -0.25) is 9.80 Å². The van der Waals surface area contributed by atoms with Crippen LogP contribution < -0.4 is 5.14 Å². The van der Waals surface area contributed by atoms with Crippen LogP contribution in [-0.2, 0) is 14.8 Å². The van der Waals surface area contributed by atoms with Crippen molar-refractivity contribution in [3.05, 3.63) is 11.6 Å². The van der Waals surface area contributed by atoms with Crippen LogP contribution in [0, 0.1) is 0 Å². The number of thiophene rings is 1. The van der Waals surface area contributed by atoms with E-state index in [0.717, 1.165) is 62.3 Å². The Morgan fingerprint density at radius 2 is 2.08 bits per heavy atom. The van der Waals surface area contributed by atoms with Crippen molar-refractivity contribution in [3.63, 3.8) is 0 Å². The highest BCUT2D eigenvalue weighted by Crippen LogP contribution is 2.48. The zero-order chi connectivity index (χ0) is 17.6. The van der Waals surface area contributed by atoms with E-state index >= 15 is 0 Å². The van der Waals surface area contributed by atoms with Crippen LogP contribution in [-0.4, -0.2) is 81.0 Å². The molecule has 10 heteroatoms. The number of sulfonamides is 1. The molecule has 3 aliphatic rings. The summed E-state index contributed by atoms with van der Waals surface area (Å²) >= 11 is 3.01. The molecule has 4 heterocycles. The first kappa shape index (κ1) is 18.2. The summed E-state index contributed by atoms with van der Waals surface area (Å²) in [6.45, 7) is 9.71. The Balaban J connectivity index is 1.58. The van der Waals surface area contributed by atoms with Crippen molar-refractivity contribution in [3.8, 4) is 0 Å². The molecule has 4 rings (SSSR count). The summed E-state index contributed by atoms with van der Waals surface area (Å²) in [6, 6.07) is 2.48. The van der Waals surface area contributed by atoms with Gasteiger partial charge in [0.2, 0.25) is 10.0 Å². The van der Waals surface area contributed by atoms with E-state index in [4.69, 9.17) is 9.88 Å². The highest BCUT2D eigenvalue weighted by molar-refractivity contribution is 7.99. The molecule has 2 saturated heterocycles. The number of hydrogen-bond donors (Lipinski definition) is 1. The molecule has 3 aliphatic heterocycles. The summed E-state index contributed by atoms with van der Waals surface area (Å²) in [7, 11) is -3.64. The summed E-state index contributed by atoms with van der Waals surface area (Å²) in [5.74, 6) is 0. The lowest BCUT2D eigenvalue weighted by atomic mass is 10.0. The third-order valence-corrected chi connectivity index (χ3v) is 9.09. The Bertz CT molecular complexity index is 732. The number of likely N-dealkylation sites (N-methyl/N-ethyl adjacent to an activating group) is 1. The minimum absolute atomic E-state index is 0.258. The Labute approximate surface area is 157 Å². The smallest absolute Gasteiger partial charge is 0.247 e. The molecular weight excluding hydrogens is 380 g/mol. The van der Waals surface area contributed by atoms with Crippen LogP contribution in [0.15, 0.2) is 14.5 Å². The van der Waals surface area contributed by atoms with E-state index in [-0.39, 0.29) is 10.3 Å². The van der Waals surface area contributed by atoms with E-state index in [1.807, 2.05) is 0 Å². The van der Waals surface area contributed by atoms with Crippen molar-refractivity contribution in [1.29, 1.82) is 0 Å². The van der Waals surface area contributed by atoms with Gasteiger partial charge in [0.1, 0.15) is 4.21 Å². The average Bonchev–Trinajstić information content (AvgIpc) is 3.03. The monoisotopic (exact) mass is 404 g/mol. The zero-order valence-electron chi connectivity index (χ0n) is 14.3. The van der Waals surface area contributed by atoms with Crippen LogP contribution in [0.4, 0.5) is 0 Å². The molecule has 2 bridgehead atoms. The highest BCUT2D eigenvalue weighted by atomic mass is 32.3. The maximum atomic E-state index is 11.8. The van der Waals surface area contributed by atoms with Gasteiger partial charge in [0.05, 0.1) is 23.5 Å². The molecule has 0 saturated carbocycles. The fourth-order valence-electron chi connectivity index (χ4n) is 3.83. The van der Waals surface area contributed by atoms with E-state index in [2.05, 4.69) is 21.0 Å². The Kier molecular flexibility index (Phi) is 5.15. The number of nitrogens with two attached hydrogens (primary N) is 1. The van der Waals surface area contributed by atoms with E-state index in [1.54, 1.807) is 18.0 Å². The number of fused-ring (bicyclic) bond motifs is 4. The third kappa shape index (κ3) is 3.63. The van der Waals surface area contributed by atoms with Gasteiger partial charge in [-0.15, -0.1) is 11.3 Å². The standard InChI is InChI=1S/C15H24N4O3S3/c1-2-18-9-11(8-17-3-5-22-6-4-17)19-10-13(18)12-7-14(25(16,20)21)23-15(12)24-19/h7,11,13H,2-6,8-10H2,1H3,(H2,16,20,21). The van der Waals surface area contributed by atoms with Gasteiger partial charge < -0.3 is 4.74 Å². The largest absolute Gasteiger partial charge is 0.379 e. The minimum atomic E-state index is -3.64. The topological polar surface area (TPSA) is 79.1 Å². The van der Waals surface area contributed by atoms with E-state index in [1.165, 1.54) is 11.3 Å². The van der Waals surface area contributed by atoms with Crippen molar-refractivity contribution < 1.29 is 13.2 Å². The number of rotatable bonds is 4. The lowest BCUT2D eigenvalue weighted by Crippen LogP contribution is -2.57. The predicted octanol–water partition coefficient (Wildman–Crippen LogP) is 0.796. The van der Waals surface area contributed by atoms with Gasteiger partial charge in [0.15, 0.2) is 0 Å². The van der Waals surface area contributed by atoms with E-state index in [0.29, 0.717) is 6.04 Å². The maximum Gasteiger partial charge on any atom is 0.247 e. The van der Waals surface area contributed by atoms with Crippen LogP contribution in [0.2, 0.25) is 0 Å². The molecule has 1 aromatic heterocycles. The third-order valence-electron chi connectivity index (χ3n) is 5.17. The molecule has 0 aliphatic carbocycles. The van der Waals surface area contributed by atoms with Crippen molar-refractivity contribution in [2.24, 2.45) is 5.14 Å². The average molecular weight is 405 g/mol. The van der Waals surface area contributed by atoms with Crippen molar-refractivity contribution in [1.82, 2.24) is 14.1 Å². The molecule has 0 aromatic carbocycles. The Morgan fingerprint density at radius 1 is 1.32 bits per heavy atom. The summed E-state index contributed by atoms with van der Waals surface area (Å²) < 4.78 is 32.8. The molecule has 0 spiro atoms. The number of piperazine rings is 1. The summed E-state index contributed by atoms with van der Waals surface area (Å²) in [6.07, 6.45) is 0. The van der Waals surface area contributed by atoms with E-state index < -0.39 is 10.0 Å². The quantitative estimate of drug-likeness (QED) is 0.744. The van der Waals surface area contributed by atoms with Crippen LogP contribution in [0.25, 0.3) is 0 Å². The number of hydrogen-bond acceptors (Lipinski definition) is 8. The van der Waals surface area contributed by atoms with E-state index in [9.17, 15) is 8.42 Å². The first-order chi connectivity index (χ1) is 12.0. The van der Waals surface area contributed by atoms with Crippen LogP contribution in [0.3, 0.4) is 0 Å². The normalized spacial score (nSPS) is 31.0. The van der Waals surface area contributed by atoms with Gasteiger partial charge in [0.25, 0.3) is 0 Å². The molecule has 2 N–H and O–H groups in total. The first-order valence-corrected chi connectivity index (χ1v) is 11.7. The van der Waals surface area contributed by atoms with Crippen molar-refractivity contribution in [2.45, 2.75) is 27.4 Å². The Hall–Kier alpha value is -0.200. The number of nitrogens with zero attached hydrogens (tertiary/aromatic N) is 3. The highest BCUT2D eigenvalue weighted by Gasteiger charge is 2.41. The fourth-order valence-corrected chi connectivity index (χ4v) is 7.39. The molecule has 7 nitrogen and oxygen atoms in total. The lowest BCUT2D eigenvalue weighted by Gasteiger charge is -2.49. The van der Waals surface area contributed by atoms with Gasteiger partial charge in [0, 0.05) is 38.8 Å². The van der Waals surface area contributed by atoms with Crippen molar-refractivity contribution in [2.75, 3.05) is 52.5 Å². The van der Waals surface area contributed by atoms with Gasteiger partial charge in [-0.2, -0.15) is 0 Å². The summed E-state index contributed by atoms with van der Waals surface area (Å²) in [5, 5.41) is 5.35. The van der Waals surface area contributed by atoms with Gasteiger partial charge in [-0.25, -0.2) is 17.9 Å². The number of ether oxygens (including phenoxy) is 1. The summed E-state index contributed by atoms with van der Waals surface area (Å²) in [4.78, 5) is 4.95. The minimum Gasteiger partial charge on any atom is -0.379 e. The summed E-state index contributed by atoms with van der Waals surface area (Å²) in [5.41, 5.74) is 1.13. The second-order valence-corrected chi connectivity index (χ2v) is 10.9. The zero-order valence-corrected chi connectivity index (χ0v) is 16.7. The number of morpholine rings is 1. The molecule has 0 radical (unpaired) electrons. The molecular formula is C15H24N4O3S3. The molecule has 0 amide bonds. The molecule has 140 valence electrons. The Morgan fingerprint density at radius 3 is 2.76 bits per heavy atom. The van der Waals surface area contributed by atoms with Gasteiger partial charge >= 0.3 is 0 Å². The van der Waals surface area contributed by atoms with Crippen LogP contribution in [0.1, 0.15) is 18.5 Å². The fraction of sp³-hybridized carbons (Fsp3) is 0.733. The SMILES string of the molecule is CCN1CC(CN2CCOCC2)N2CC1c1cc(S(N)(=O)=O)sc1S2. The molecule has 3 unspecified atom stereocenters. The second-order valence-electron chi connectivity index (χ2n) is 6.71. The van der Waals surface area contributed by atoms with Gasteiger partial charge in [-0.05, 0) is 30.1 Å². The molecule has 2 fully saturated rings. The van der Waals surface area contributed by atoms with Crippen LogP contribution in [0.5, 0.6) is 0 Å². The number of primary sulfonamides is 1. The molecule has 3 atom stereocenters. The van der Waals surface area contributed by atoms with Crippen LogP contribution >= 0.6 is 23.3 Å². The molecule has 1 aromatic rings. The van der Waals surface area contributed by atoms with Gasteiger partial charge in [-0.1, -0.05) is 6.92 Å². The lowest BCUT2D eigenvalue weighted by molar-refractivity contribution is 0.0114. The second kappa shape index (κ2) is 7.08. The molecule has 25 heavy (non-hydrogen) atoms.